The highest BCUT2D eigenvalue weighted by Crippen LogP contribution is 2.27. The van der Waals surface area contributed by atoms with Gasteiger partial charge in [-0.05, 0) is 17.5 Å². The molecule has 0 saturated carbocycles. The van der Waals surface area contributed by atoms with Crippen LogP contribution in [0.25, 0.3) is 0 Å². The molecule has 2 fully saturated rings. The van der Waals surface area contributed by atoms with Crippen LogP contribution in [0.5, 0.6) is 0 Å². The minimum absolute atomic E-state index is 0.0971. The summed E-state index contributed by atoms with van der Waals surface area (Å²) in [6.07, 6.45) is 0. The Kier molecular flexibility index (Phi) is 5.30. The van der Waals surface area contributed by atoms with Crippen molar-refractivity contribution in [2.24, 2.45) is 11.3 Å². The number of sulfonamides is 1. The van der Waals surface area contributed by atoms with Gasteiger partial charge in [-0.3, -0.25) is 4.79 Å². The fraction of sp³-hybridized carbons (Fsp3) is 0.632. The molecule has 2 heterocycles. The Morgan fingerprint density at radius 2 is 1.62 bits per heavy atom. The number of carbonyl (C=O) groups excluding carboxylic acids is 1. The SMILES string of the molecule is CC(C)(C)CS(=O)(=O)N1CC(C(=O)N2CCN(c3ccccc3)CC2)C1. The second kappa shape index (κ2) is 7.19. The molecule has 1 aromatic rings. The number of hydrogen-bond acceptors (Lipinski definition) is 4. The lowest BCUT2D eigenvalue weighted by molar-refractivity contribution is -0.139. The van der Waals surface area contributed by atoms with Crippen molar-refractivity contribution in [2.75, 3.05) is 49.9 Å². The van der Waals surface area contributed by atoms with Crippen molar-refractivity contribution in [1.82, 2.24) is 9.21 Å². The van der Waals surface area contributed by atoms with Crippen LogP contribution < -0.4 is 4.90 Å². The number of hydrogen-bond donors (Lipinski definition) is 0. The van der Waals surface area contributed by atoms with Crippen LogP contribution in [0.4, 0.5) is 5.69 Å². The average molecular weight is 380 g/mol. The van der Waals surface area contributed by atoms with Crippen molar-refractivity contribution in [3.05, 3.63) is 30.3 Å². The molecule has 144 valence electrons. The molecule has 2 saturated heterocycles. The number of amides is 1. The first-order chi connectivity index (χ1) is 12.2. The van der Waals surface area contributed by atoms with Crippen LogP contribution in [-0.2, 0) is 14.8 Å². The third-order valence-electron chi connectivity index (χ3n) is 4.92. The largest absolute Gasteiger partial charge is 0.368 e. The van der Waals surface area contributed by atoms with E-state index in [1.165, 1.54) is 9.99 Å². The third-order valence-corrected chi connectivity index (χ3v) is 7.23. The predicted octanol–water partition coefficient (Wildman–Crippen LogP) is 1.64. The Morgan fingerprint density at radius 3 is 2.15 bits per heavy atom. The standard InChI is InChI=1S/C19H29N3O3S/c1-19(2,3)15-26(24,25)22-13-16(14-22)18(23)21-11-9-20(10-12-21)17-7-5-4-6-8-17/h4-8,16H,9-15H2,1-3H3. The number of piperazine rings is 1. The summed E-state index contributed by atoms with van der Waals surface area (Å²) in [6, 6.07) is 10.2. The van der Waals surface area contributed by atoms with Gasteiger partial charge < -0.3 is 9.80 Å². The Labute approximate surface area is 156 Å². The van der Waals surface area contributed by atoms with Crippen LogP contribution in [0.1, 0.15) is 20.8 Å². The fourth-order valence-corrected chi connectivity index (χ4v) is 5.63. The van der Waals surface area contributed by atoms with Crippen molar-refractivity contribution < 1.29 is 13.2 Å². The molecule has 2 aliphatic rings. The molecule has 0 bridgehead atoms. The number of anilines is 1. The van der Waals surface area contributed by atoms with Crippen molar-refractivity contribution >= 4 is 21.6 Å². The van der Waals surface area contributed by atoms with E-state index in [0.717, 1.165) is 13.1 Å². The normalized spacial score (nSPS) is 20.1. The average Bonchev–Trinajstić information content (AvgIpc) is 2.52. The summed E-state index contributed by atoms with van der Waals surface area (Å²) in [6.45, 7) is 9.42. The van der Waals surface area contributed by atoms with Gasteiger partial charge in [0, 0.05) is 45.0 Å². The minimum Gasteiger partial charge on any atom is -0.368 e. The van der Waals surface area contributed by atoms with E-state index in [2.05, 4.69) is 17.0 Å². The van der Waals surface area contributed by atoms with Gasteiger partial charge in [-0.15, -0.1) is 0 Å². The Bertz CT molecular complexity index is 729. The molecule has 0 unspecified atom stereocenters. The molecule has 26 heavy (non-hydrogen) atoms. The highest BCUT2D eigenvalue weighted by Gasteiger charge is 2.42. The van der Waals surface area contributed by atoms with Crippen LogP contribution in [0.2, 0.25) is 0 Å². The van der Waals surface area contributed by atoms with Crippen molar-refractivity contribution in [1.29, 1.82) is 0 Å². The lowest BCUT2D eigenvalue weighted by Gasteiger charge is -2.43. The van der Waals surface area contributed by atoms with Crippen LogP contribution in [0.3, 0.4) is 0 Å². The van der Waals surface area contributed by atoms with Crippen molar-refractivity contribution in [2.45, 2.75) is 20.8 Å². The van der Waals surface area contributed by atoms with E-state index in [1.54, 1.807) is 0 Å². The van der Waals surface area contributed by atoms with Gasteiger partial charge in [0.2, 0.25) is 15.9 Å². The van der Waals surface area contributed by atoms with E-state index in [0.29, 0.717) is 26.2 Å². The molecule has 7 heteroatoms. The summed E-state index contributed by atoms with van der Waals surface area (Å²) in [7, 11) is -3.27. The van der Waals surface area contributed by atoms with E-state index in [4.69, 9.17) is 0 Å². The van der Waals surface area contributed by atoms with Gasteiger partial charge in [-0.1, -0.05) is 39.0 Å². The molecule has 1 aromatic carbocycles. The highest BCUT2D eigenvalue weighted by atomic mass is 32.2. The molecular formula is C19H29N3O3S. The van der Waals surface area contributed by atoms with Crippen molar-refractivity contribution in [3.63, 3.8) is 0 Å². The summed E-state index contributed by atoms with van der Waals surface area (Å²) in [5.41, 5.74) is 0.907. The first kappa shape index (κ1) is 19.2. The zero-order valence-electron chi connectivity index (χ0n) is 15.9. The Morgan fingerprint density at radius 1 is 1.04 bits per heavy atom. The lowest BCUT2D eigenvalue weighted by atomic mass is 10.0. The number of nitrogens with zero attached hydrogens (tertiary/aromatic N) is 3. The van der Waals surface area contributed by atoms with E-state index in [1.807, 2.05) is 43.9 Å². The molecule has 3 rings (SSSR count). The van der Waals surface area contributed by atoms with E-state index in [9.17, 15) is 13.2 Å². The zero-order chi connectivity index (χ0) is 18.9. The summed E-state index contributed by atoms with van der Waals surface area (Å²) in [5, 5.41) is 0. The number of benzene rings is 1. The van der Waals surface area contributed by atoms with Gasteiger partial charge in [-0.25, -0.2) is 12.7 Å². The quantitative estimate of drug-likeness (QED) is 0.798. The van der Waals surface area contributed by atoms with Gasteiger partial charge in [0.05, 0.1) is 11.7 Å². The fourth-order valence-electron chi connectivity index (χ4n) is 3.54. The second-order valence-corrected chi connectivity index (χ2v) is 10.4. The smallest absolute Gasteiger partial charge is 0.228 e. The molecule has 6 nitrogen and oxygen atoms in total. The van der Waals surface area contributed by atoms with Crippen LogP contribution in [0.15, 0.2) is 30.3 Å². The maximum Gasteiger partial charge on any atom is 0.228 e. The molecule has 2 aliphatic heterocycles. The number of para-hydroxylation sites is 1. The summed E-state index contributed by atoms with van der Waals surface area (Å²) in [5.74, 6) is 0.0318. The predicted molar refractivity (Wildman–Crippen MR) is 104 cm³/mol. The van der Waals surface area contributed by atoms with Gasteiger partial charge in [0.25, 0.3) is 0 Å². The Hall–Kier alpha value is -1.60. The molecule has 0 N–H and O–H groups in total. The lowest BCUT2D eigenvalue weighted by Crippen LogP contribution is -2.59. The highest BCUT2D eigenvalue weighted by molar-refractivity contribution is 7.89. The van der Waals surface area contributed by atoms with Gasteiger partial charge in [0.15, 0.2) is 0 Å². The molecular weight excluding hydrogens is 350 g/mol. The molecule has 0 radical (unpaired) electrons. The monoisotopic (exact) mass is 379 g/mol. The molecule has 0 atom stereocenters. The van der Waals surface area contributed by atoms with E-state index >= 15 is 0 Å². The van der Waals surface area contributed by atoms with Crippen LogP contribution >= 0.6 is 0 Å². The molecule has 1 amide bonds. The second-order valence-electron chi connectivity index (χ2n) is 8.48. The number of carbonyl (C=O) groups is 1. The van der Waals surface area contributed by atoms with E-state index < -0.39 is 10.0 Å². The van der Waals surface area contributed by atoms with Gasteiger partial charge in [-0.2, -0.15) is 0 Å². The van der Waals surface area contributed by atoms with E-state index in [-0.39, 0.29) is 23.0 Å². The summed E-state index contributed by atoms with van der Waals surface area (Å²) >= 11 is 0. The summed E-state index contributed by atoms with van der Waals surface area (Å²) < 4.78 is 26.2. The first-order valence-electron chi connectivity index (χ1n) is 9.22. The van der Waals surface area contributed by atoms with Gasteiger partial charge in [0.1, 0.15) is 0 Å². The third kappa shape index (κ3) is 4.38. The van der Waals surface area contributed by atoms with Crippen LogP contribution in [0, 0.1) is 11.3 Å². The maximum absolute atomic E-state index is 12.7. The zero-order valence-corrected chi connectivity index (χ0v) is 16.7. The van der Waals surface area contributed by atoms with Crippen LogP contribution in [-0.4, -0.2) is 68.6 Å². The molecule has 0 spiro atoms. The topological polar surface area (TPSA) is 60.9 Å². The molecule has 0 aliphatic carbocycles. The molecule has 0 aromatic heterocycles. The first-order valence-corrected chi connectivity index (χ1v) is 10.8. The number of rotatable bonds is 4. The summed E-state index contributed by atoms with van der Waals surface area (Å²) in [4.78, 5) is 16.8. The van der Waals surface area contributed by atoms with Crippen molar-refractivity contribution in [3.8, 4) is 0 Å². The maximum atomic E-state index is 12.7. The minimum atomic E-state index is -3.27. The Balaban J connectivity index is 1.49. The van der Waals surface area contributed by atoms with Gasteiger partial charge >= 0.3 is 0 Å².